The summed E-state index contributed by atoms with van der Waals surface area (Å²) in [6.07, 6.45) is 0. The van der Waals surface area contributed by atoms with E-state index in [0.29, 0.717) is 10.5 Å². The second-order valence-electron chi connectivity index (χ2n) is 3.48. The third kappa shape index (κ3) is 1.56. The third-order valence-electron chi connectivity index (χ3n) is 2.49. The van der Waals surface area contributed by atoms with E-state index in [2.05, 4.69) is 10.2 Å². The zero-order chi connectivity index (χ0) is 12.0. The van der Waals surface area contributed by atoms with E-state index in [-0.39, 0.29) is 5.69 Å². The molecular formula is C9H6N4O2S2. The number of nitro groups is 1. The van der Waals surface area contributed by atoms with E-state index >= 15 is 0 Å². The maximum absolute atomic E-state index is 10.8. The van der Waals surface area contributed by atoms with Crippen LogP contribution in [-0.2, 0) is 5.75 Å². The molecule has 0 bridgehead atoms. The molecule has 0 aliphatic carbocycles. The SMILES string of the molecule is O=[N+]([O-])c1ccc2c(c1)-n1c(n[nH]c1=S)CS2. The Labute approximate surface area is 105 Å². The monoisotopic (exact) mass is 266 g/mol. The molecule has 0 saturated carbocycles. The molecule has 0 amide bonds. The molecule has 8 heteroatoms. The van der Waals surface area contributed by atoms with Crippen molar-refractivity contribution < 1.29 is 4.92 Å². The van der Waals surface area contributed by atoms with Gasteiger partial charge in [0, 0.05) is 17.0 Å². The van der Waals surface area contributed by atoms with Crippen LogP contribution in [0, 0.1) is 14.9 Å². The van der Waals surface area contributed by atoms with Crippen LogP contribution in [0.5, 0.6) is 0 Å². The van der Waals surface area contributed by atoms with Crippen molar-refractivity contribution in [1.29, 1.82) is 0 Å². The highest BCUT2D eigenvalue weighted by Gasteiger charge is 2.21. The Bertz CT molecular complexity index is 676. The number of thioether (sulfide) groups is 1. The Morgan fingerprint density at radius 2 is 2.41 bits per heavy atom. The Hall–Kier alpha value is -1.67. The van der Waals surface area contributed by atoms with E-state index in [0.717, 1.165) is 16.4 Å². The van der Waals surface area contributed by atoms with E-state index in [1.54, 1.807) is 22.4 Å². The normalized spacial score (nSPS) is 12.9. The Balaban J connectivity index is 2.29. The number of benzene rings is 1. The molecule has 0 fully saturated rings. The molecule has 1 N–H and O–H groups in total. The number of aromatic amines is 1. The number of hydrogen-bond donors (Lipinski definition) is 1. The average Bonchev–Trinajstić information content (AvgIpc) is 2.70. The fourth-order valence-corrected chi connectivity index (χ4v) is 2.92. The number of hydrogen-bond acceptors (Lipinski definition) is 5. The van der Waals surface area contributed by atoms with Crippen molar-refractivity contribution in [3.8, 4) is 5.69 Å². The fourth-order valence-electron chi connectivity index (χ4n) is 1.73. The van der Waals surface area contributed by atoms with E-state index < -0.39 is 4.92 Å². The minimum Gasteiger partial charge on any atom is -0.270 e. The lowest BCUT2D eigenvalue weighted by molar-refractivity contribution is -0.384. The van der Waals surface area contributed by atoms with Gasteiger partial charge in [0.2, 0.25) is 0 Å². The summed E-state index contributed by atoms with van der Waals surface area (Å²) in [7, 11) is 0. The molecule has 1 aromatic carbocycles. The first kappa shape index (κ1) is 10.5. The Morgan fingerprint density at radius 1 is 1.59 bits per heavy atom. The van der Waals surface area contributed by atoms with Gasteiger partial charge in [0.1, 0.15) is 5.82 Å². The summed E-state index contributed by atoms with van der Waals surface area (Å²) in [5.74, 6) is 1.49. The van der Waals surface area contributed by atoms with Crippen molar-refractivity contribution in [3.63, 3.8) is 0 Å². The number of H-pyrrole nitrogens is 1. The zero-order valence-corrected chi connectivity index (χ0v) is 10.0. The van der Waals surface area contributed by atoms with E-state index in [1.807, 2.05) is 0 Å². The second-order valence-corrected chi connectivity index (χ2v) is 4.88. The summed E-state index contributed by atoms with van der Waals surface area (Å²) in [6.45, 7) is 0. The highest BCUT2D eigenvalue weighted by Crippen LogP contribution is 2.36. The van der Waals surface area contributed by atoms with Crippen molar-refractivity contribution in [2.45, 2.75) is 10.6 Å². The van der Waals surface area contributed by atoms with Crippen molar-refractivity contribution >= 4 is 29.7 Å². The van der Waals surface area contributed by atoms with Crippen LogP contribution in [0.15, 0.2) is 23.1 Å². The van der Waals surface area contributed by atoms with Crippen molar-refractivity contribution in [3.05, 3.63) is 38.9 Å². The highest BCUT2D eigenvalue weighted by atomic mass is 32.2. The average molecular weight is 266 g/mol. The summed E-state index contributed by atoms with van der Waals surface area (Å²) in [5.41, 5.74) is 0.782. The standard InChI is InChI=1S/C9H6N4O2S2/c14-13(15)5-1-2-7-6(3-5)12-8(4-17-7)10-11-9(12)16/h1-3H,4H2,(H,11,16). The summed E-state index contributed by atoms with van der Waals surface area (Å²) in [4.78, 5) is 11.3. The Kier molecular flexibility index (Phi) is 2.26. The van der Waals surface area contributed by atoms with Gasteiger partial charge >= 0.3 is 0 Å². The first-order chi connectivity index (χ1) is 8.16. The molecule has 1 aromatic heterocycles. The summed E-state index contributed by atoms with van der Waals surface area (Å²) in [6, 6.07) is 4.77. The van der Waals surface area contributed by atoms with Gasteiger partial charge in [0.15, 0.2) is 4.77 Å². The molecule has 17 heavy (non-hydrogen) atoms. The van der Waals surface area contributed by atoms with Crippen LogP contribution in [0.3, 0.4) is 0 Å². The molecule has 86 valence electrons. The molecule has 0 spiro atoms. The number of nitro benzene ring substituents is 1. The van der Waals surface area contributed by atoms with Crippen molar-refractivity contribution in [2.75, 3.05) is 0 Å². The molecule has 2 aromatic rings. The first-order valence-electron chi connectivity index (χ1n) is 4.75. The van der Waals surface area contributed by atoms with Gasteiger partial charge in [-0.15, -0.1) is 11.8 Å². The number of fused-ring (bicyclic) bond motifs is 3. The molecule has 0 unspecified atom stereocenters. The van der Waals surface area contributed by atoms with Gasteiger partial charge in [-0.05, 0) is 18.3 Å². The molecule has 1 aliphatic rings. The molecule has 0 atom stereocenters. The quantitative estimate of drug-likeness (QED) is 0.487. The van der Waals surface area contributed by atoms with Crippen LogP contribution >= 0.6 is 24.0 Å². The third-order valence-corrected chi connectivity index (χ3v) is 3.83. The van der Waals surface area contributed by atoms with Crippen LogP contribution < -0.4 is 0 Å². The van der Waals surface area contributed by atoms with Crippen LogP contribution in [-0.4, -0.2) is 19.7 Å². The van der Waals surface area contributed by atoms with Gasteiger partial charge < -0.3 is 0 Å². The van der Waals surface area contributed by atoms with Gasteiger partial charge in [-0.1, -0.05) is 0 Å². The maximum Gasteiger partial charge on any atom is 0.271 e. The minimum atomic E-state index is -0.414. The highest BCUT2D eigenvalue weighted by molar-refractivity contribution is 7.98. The van der Waals surface area contributed by atoms with Crippen LogP contribution in [0.1, 0.15) is 5.82 Å². The molecule has 0 radical (unpaired) electrons. The summed E-state index contributed by atoms with van der Waals surface area (Å²) >= 11 is 6.72. The van der Waals surface area contributed by atoms with Crippen LogP contribution in [0.25, 0.3) is 5.69 Å². The van der Waals surface area contributed by atoms with Gasteiger partial charge in [-0.2, -0.15) is 5.10 Å². The predicted octanol–water partition coefficient (Wildman–Crippen LogP) is 2.44. The molecular weight excluding hydrogens is 260 g/mol. The summed E-state index contributed by atoms with van der Waals surface area (Å²) in [5, 5.41) is 17.5. The molecule has 2 heterocycles. The van der Waals surface area contributed by atoms with Gasteiger partial charge in [-0.25, -0.2) is 0 Å². The first-order valence-corrected chi connectivity index (χ1v) is 6.14. The minimum absolute atomic E-state index is 0.0558. The van der Waals surface area contributed by atoms with E-state index in [1.165, 1.54) is 12.1 Å². The molecule has 6 nitrogen and oxygen atoms in total. The van der Waals surface area contributed by atoms with Crippen molar-refractivity contribution in [1.82, 2.24) is 14.8 Å². The molecule has 0 saturated heterocycles. The van der Waals surface area contributed by atoms with Gasteiger partial charge in [0.25, 0.3) is 5.69 Å². The zero-order valence-electron chi connectivity index (χ0n) is 8.41. The number of nitrogens with zero attached hydrogens (tertiary/aromatic N) is 3. The fraction of sp³-hybridized carbons (Fsp3) is 0.111. The number of non-ortho nitro benzene ring substituents is 1. The largest absolute Gasteiger partial charge is 0.271 e. The molecule has 3 rings (SSSR count). The lowest BCUT2D eigenvalue weighted by Crippen LogP contribution is -2.07. The van der Waals surface area contributed by atoms with Crippen LogP contribution in [0.4, 0.5) is 5.69 Å². The maximum atomic E-state index is 10.8. The smallest absolute Gasteiger partial charge is 0.270 e. The Morgan fingerprint density at radius 3 is 3.18 bits per heavy atom. The van der Waals surface area contributed by atoms with Crippen LogP contribution in [0.2, 0.25) is 0 Å². The molecule has 1 aliphatic heterocycles. The topological polar surface area (TPSA) is 76.8 Å². The van der Waals surface area contributed by atoms with E-state index in [4.69, 9.17) is 12.2 Å². The number of nitrogens with one attached hydrogen (secondary N) is 1. The lowest BCUT2D eigenvalue weighted by atomic mass is 10.2. The van der Waals surface area contributed by atoms with Gasteiger partial charge in [0.05, 0.1) is 16.4 Å². The predicted molar refractivity (Wildman–Crippen MR) is 65.0 cm³/mol. The lowest BCUT2D eigenvalue weighted by Gasteiger charge is -2.16. The van der Waals surface area contributed by atoms with Gasteiger partial charge in [-0.3, -0.25) is 19.8 Å². The second kappa shape index (κ2) is 3.67. The van der Waals surface area contributed by atoms with Crippen molar-refractivity contribution in [2.24, 2.45) is 0 Å². The number of aromatic nitrogens is 3. The number of rotatable bonds is 1. The van der Waals surface area contributed by atoms with E-state index in [9.17, 15) is 10.1 Å². The summed E-state index contributed by atoms with van der Waals surface area (Å²) < 4.78 is 2.20.